The second-order valence-electron chi connectivity index (χ2n) is 4.52. The average molecular weight is 495 g/mol. The Labute approximate surface area is 152 Å². The molecule has 1 aliphatic rings. The van der Waals surface area contributed by atoms with Gasteiger partial charge in [-0.25, -0.2) is 4.79 Å². The first-order valence-electron chi connectivity index (χ1n) is 6.20. The lowest BCUT2D eigenvalue weighted by Gasteiger charge is -2.21. The Kier molecular flexibility index (Phi) is 5.94. The molecule has 0 fully saturated rings. The number of benzene rings is 1. The molecule has 1 N–H and O–H groups in total. The zero-order chi connectivity index (χ0) is 16.3. The normalized spacial score (nSPS) is 23.2. The second kappa shape index (κ2) is 7.52. The molecular formula is C14H11Br3N2O3. The first-order valence-corrected chi connectivity index (χ1v) is 8.83. The number of hydrogen-bond donors (Lipinski definition) is 1. The van der Waals surface area contributed by atoms with Crippen molar-refractivity contribution in [3.63, 3.8) is 0 Å². The number of nitrogens with one attached hydrogen (secondary N) is 1. The molecule has 1 amide bonds. The van der Waals surface area contributed by atoms with Crippen LogP contribution in [-0.2, 0) is 9.63 Å². The van der Waals surface area contributed by atoms with Crippen molar-refractivity contribution in [2.24, 2.45) is 5.16 Å². The van der Waals surface area contributed by atoms with Gasteiger partial charge in [0.25, 0.3) is 0 Å². The van der Waals surface area contributed by atoms with E-state index in [1.165, 1.54) is 0 Å². The number of Topliss-reactive ketones (excluding diaryl/α,β-unsaturated/α-hetero) is 1. The molecule has 0 aromatic heterocycles. The average Bonchev–Trinajstić information content (AvgIpc) is 2.50. The summed E-state index contributed by atoms with van der Waals surface area (Å²) in [4.78, 5) is 27.5. The molecule has 116 valence electrons. The number of carbonyl (C=O) groups excluding carboxylic acids is 2. The van der Waals surface area contributed by atoms with E-state index >= 15 is 0 Å². The lowest BCUT2D eigenvalue weighted by Crippen LogP contribution is -2.35. The Hall–Kier alpha value is -0.990. The third kappa shape index (κ3) is 4.27. The van der Waals surface area contributed by atoms with Crippen molar-refractivity contribution in [2.45, 2.75) is 16.6 Å². The number of amides is 1. The van der Waals surface area contributed by atoms with Crippen LogP contribution in [0.5, 0.6) is 0 Å². The minimum atomic E-state index is -0.705. The maximum atomic E-state index is 11.8. The van der Waals surface area contributed by atoms with Crippen molar-refractivity contribution in [1.82, 2.24) is 0 Å². The predicted octanol–water partition coefficient (Wildman–Crippen LogP) is 4.41. The molecule has 2 unspecified atom stereocenters. The van der Waals surface area contributed by atoms with Crippen molar-refractivity contribution in [1.29, 1.82) is 0 Å². The van der Waals surface area contributed by atoms with Crippen LogP contribution < -0.4 is 5.32 Å². The molecule has 0 spiro atoms. The van der Waals surface area contributed by atoms with Gasteiger partial charge >= 0.3 is 6.09 Å². The first kappa shape index (κ1) is 17.4. The number of nitrogens with zero attached hydrogens (tertiary/aromatic N) is 1. The molecule has 1 aromatic carbocycles. The molecule has 1 aromatic rings. The van der Waals surface area contributed by atoms with Gasteiger partial charge in [0.1, 0.15) is 0 Å². The molecule has 0 aliphatic heterocycles. The Bertz CT molecular complexity index is 656. The summed E-state index contributed by atoms with van der Waals surface area (Å²) in [6.07, 6.45) is 0.885. The Morgan fingerprint density at radius 1 is 1.23 bits per heavy atom. The van der Waals surface area contributed by atoms with Crippen LogP contribution in [0.3, 0.4) is 0 Å². The summed E-state index contributed by atoms with van der Waals surface area (Å²) in [6, 6.07) is 7.04. The molecule has 0 saturated heterocycles. The maximum absolute atomic E-state index is 11.8. The highest BCUT2D eigenvalue weighted by atomic mass is 79.9. The SMILES string of the molecule is CC1=CC(=NOC(=O)Nc2ccc(Br)cc2)C(Br)C(Br)C1=O. The van der Waals surface area contributed by atoms with Crippen LogP contribution in [0.4, 0.5) is 10.5 Å². The molecular weight excluding hydrogens is 484 g/mol. The van der Waals surface area contributed by atoms with Gasteiger partial charge in [-0.3, -0.25) is 14.9 Å². The molecule has 0 radical (unpaired) electrons. The molecule has 22 heavy (non-hydrogen) atoms. The van der Waals surface area contributed by atoms with E-state index in [0.717, 1.165) is 4.47 Å². The maximum Gasteiger partial charge on any atom is 0.437 e. The highest BCUT2D eigenvalue weighted by molar-refractivity contribution is 9.12. The number of oxime groups is 1. The van der Waals surface area contributed by atoms with Crippen LogP contribution >= 0.6 is 47.8 Å². The predicted molar refractivity (Wildman–Crippen MR) is 95.9 cm³/mol. The fraction of sp³-hybridized carbons (Fsp3) is 0.214. The Morgan fingerprint density at radius 2 is 1.86 bits per heavy atom. The summed E-state index contributed by atoms with van der Waals surface area (Å²) < 4.78 is 0.907. The number of alkyl halides is 2. The standard InChI is InChI=1S/C14H11Br3N2O3/c1-7-6-10(11(16)12(17)13(7)20)19-22-14(21)18-9-4-2-8(15)3-5-9/h2-6,11-12H,1H3,(H,18,21). The number of carbonyl (C=O) groups is 2. The van der Waals surface area contributed by atoms with E-state index in [1.54, 1.807) is 37.3 Å². The largest absolute Gasteiger partial charge is 0.437 e. The van der Waals surface area contributed by atoms with Gasteiger partial charge in [-0.05, 0) is 42.8 Å². The van der Waals surface area contributed by atoms with E-state index in [1.807, 2.05) is 0 Å². The smallest absolute Gasteiger partial charge is 0.297 e. The van der Waals surface area contributed by atoms with E-state index in [2.05, 4.69) is 58.3 Å². The molecule has 2 atom stereocenters. The van der Waals surface area contributed by atoms with Gasteiger partial charge in [-0.2, -0.15) is 0 Å². The number of halogens is 3. The first-order chi connectivity index (χ1) is 10.4. The minimum absolute atomic E-state index is 0.0276. The van der Waals surface area contributed by atoms with Gasteiger partial charge in [0.2, 0.25) is 0 Å². The summed E-state index contributed by atoms with van der Waals surface area (Å²) in [5.74, 6) is -0.0276. The quantitative estimate of drug-likeness (QED) is 0.376. The van der Waals surface area contributed by atoms with Crippen LogP contribution in [0.25, 0.3) is 0 Å². The van der Waals surface area contributed by atoms with Crippen molar-refractivity contribution in [2.75, 3.05) is 5.32 Å². The van der Waals surface area contributed by atoms with Crippen LogP contribution in [-0.4, -0.2) is 27.2 Å². The zero-order valence-electron chi connectivity index (χ0n) is 11.3. The molecule has 0 heterocycles. The summed E-state index contributed by atoms with van der Waals surface area (Å²) in [5, 5.41) is 6.35. The van der Waals surface area contributed by atoms with Gasteiger partial charge in [-0.15, -0.1) is 0 Å². The minimum Gasteiger partial charge on any atom is -0.297 e. The van der Waals surface area contributed by atoms with Crippen LogP contribution in [0, 0.1) is 0 Å². The van der Waals surface area contributed by atoms with Gasteiger partial charge in [0.05, 0.1) is 15.4 Å². The van der Waals surface area contributed by atoms with E-state index in [-0.39, 0.29) is 10.6 Å². The number of ketones is 1. The molecule has 0 bridgehead atoms. The van der Waals surface area contributed by atoms with E-state index in [9.17, 15) is 9.59 Å². The second-order valence-corrected chi connectivity index (χ2v) is 7.41. The number of anilines is 1. The summed E-state index contributed by atoms with van der Waals surface area (Å²) in [5.41, 5.74) is 1.60. The lowest BCUT2D eigenvalue weighted by atomic mass is 9.98. The fourth-order valence-electron chi connectivity index (χ4n) is 1.72. The van der Waals surface area contributed by atoms with E-state index in [4.69, 9.17) is 4.84 Å². The van der Waals surface area contributed by atoms with E-state index < -0.39 is 10.9 Å². The molecule has 5 nitrogen and oxygen atoms in total. The van der Waals surface area contributed by atoms with Crippen molar-refractivity contribution in [3.05, 3.63) is 40.4 Å². The van der Waals surface area contributed by atoms with E-state index in [0.29, 0.717) is 17.0 Å². The van der Waals surface area contributed by atoms with Gasteiger partial charge < -0.3 is 0 Å². The van der Waals surface area contributed by atoms with Crippen molar-refractivity contribution < 1.29 is 14.4 Å². The third-order valence-electron chi connectivity index (χ3n) is 2.87. The fourth-order valence-corrected chi connectivity index (χ4v) is 3.07. The summed E-state index contributed by atoms with van der Waals surface area (Å²) >= 11 is 9.95. The number of rotatable bonds is 2. The monoisotopic (exact) mass is 492 g/mol. The highest BCUT2D eigenvalue weighted by Crippen LogP contribution is 2.25. The highest BCUT2D eigenvalue weighted by Gasteiger charge is 2.32. The van der Waals surface area contributed by atoms with Crippen LogP contribution in [0.1, 0.15) is 6.92 Å². The van der Waals surface area contributed by atoms with Crippen LogP contribution in [0.2, 0.25) is 0 Å². The molecule has 2 rings (SSSR count). The lowest BCUT2D eigenvalue weighted by molar-refractivity contribution is -0.114. The number of hydrogen-bond acceptors (Lipinski definition) is 4. The van der Waals surface area contributed by atoms with Crippen LogP contribution in [0.15, 0.2) is 45.5 Å². The van der Waals surface area contributed by atoms with Crippen molar-refractivity contribution >= 4 is 71.1 Å². The zero-order valence-corrected chi connectivity index (χ0v) is 16.1. The van der Waals surface area contributed by atoms with Gasteiger partial charge in [0.15, 0.2) is 5.78 Å². The summed E-state index contributed by atoms with van der Waals surface area (Å²) in [6.45, 7) is 1.69. The molecule has 8 heteroatoms. The Morgan fingerprint density at radius 3 is 2.50 bits per heavy atom. The third-order valence-corrected chi connectivity index (χ3v) is 6.05. The molecule has 0 saturated carbocycles. The Balaban J connectivity index is 2.03. The molecule has 1 aliphatic carbocycles. The van der Waals surface area contributed by atoms with Crippen molar-refractivity contribution in [3.8, 4) is 0 Å². The summed E-state index contributed by atoms with van der Waals surface area (Å²) in [7, 11) is 0. The number of allylic oxidation sites excluding steroid dienone is 2. The van der Waals surface area contributed by atoms with Gasteiger partial charge in [-0.1, -0.05) is 52.9 Å². The topological polar surface area (TPSA) is 67.8 Å². The van der Waals surface area contributed by atoms with Gasteiger partial charge in [0, 0.05) is 10.2 Å².